The van der Waals surface area contributed by atoms with E-state index >= 15 is 0 Å². The maximum atomic E-state index is 14.0. The second kappa shape index (κ2) is 9.99. The summed E-state index contributed by atoms with van der Waals surface area (Å²) in [5, 5.41) is 2.78. The average molecular weight is 469 g/mol. The predicted octanol–water partition coefficient (Wildman–Crippen LogP) is 3.59. The number of aryl methyl sites for hydroxylation is 1. The number of esters is 1. The lowest BCUT2D eigenvalue weighted by Gasteiger charge is -2.36. The zero-order valence-electron chi connectivity index (χ0n) is 18.5. The van der Waals surface area contributed by atoms with E-state index in [9.17, 15) is 14.0 Å². The Labute approximate surface area is 195 Å². The van der Waals surface area contributed by atoms with Gasteiger partial charge in [0.15, 0.2) is 11.7 Å². The number of para-hydroxylation sites is 1. The van der Waals surface area contributed by atoms with Crippen molar-refractivity contribution in [1.82, 2.24) is 14.5 Å². The number of aromatic nitrogens is 2. The molecular formula is C24H25FN4O3S. The smallest absolute Gasteiger partial charge is 0.331 e. The summed E-state index contributed by atoms with van der Waals surface area (Å²) in [7, 11) is 0. The van der Waals surface area contributed by atoms with Crippen molar-refractivity contribution in [1.29, 1.82) is 0 Å². The van der Waals surface area contributed by atoms with Crippen molar-refractivity contribution < 1.29 is 18.7 Å². The Hall–Kier alpha value is -3.46. The lowest BCUT2D eigenvalue weighted by molar-refractivity contribution is -0.148. The van der Waals surface area contributed by atoms with E-state index in [0.29, 0.717) is 31.9 Å². The molecule has 0 bridgehead atoms. The molecule has 2 aromatic heterocycles. The predicted molar refractivity (Wildman–Crippen MR) is 126 cm³/mol. The Balaban J connectivity index is 1.27. The fourth-order valence-corrected chi connectivity index (χ4v) is 4.66. The number of nitrogens with zero attached hydrogens (tertiary/aromatic N) is 4. The van der Waals surface area contributed by atoms with Crippen LogP contribution in [0.5, 0.6) is 0 Å². The molecule has 0 saturated carbocycles. The van der Waals surface area contributed by atoms with Crippen molar-refractivity contribution in [2.24, 2.45) is 0 Å². The minimum atomic E-state index is -0.576. The van der Waals surface area contributed by atoms with Gasteiger partial charge in [-0.05, 0) is 43.7 Å². The second-order valence-electron chi connectivity index (χ2n) is 7.74. The Morgan fingerprint density at radius 1 is 1.18 bits per heavy atom. The molecule has 1 amide bonds. The summed E-state index contributed by atoms with van der Waals surface area (Å²) >= 11 is 1.54. The van der Waals surface area contributed by atoms with Crippen LogP contribution in [0.25, 0.3) is 11.2 Å². The van der Waals surface area contributed by atoms with Crippen LogP contribution in [-0.4, -0.2) is 59.1 Å². The molecule has 3 aromatic rings. The van der Waals surface area contributed by atoms with Crippen molar-refractivity contribution in [2.45, 2.75) is 13.8 Å². The number of halogens is 1. The van der Waals surface area contributed by atoms with Crippen molar-refractivity contribution in [3.05, 3.63) is 70.8 Å². The van der Waals surface area contributed by atoms with Crippen molar-refractivity contribution in [3.8, 4) is 5.13 Å². The molecule has 7 nitrogen and oxygen atoms in total. The monoisotopic (exact) mass is 468 g/mol. The largest absolute Gasteiger partial charge is 0.452 e. The number of hydrogen-bond donors (Lipinski definition) is 0. The topological polar surface area (TPSA) is 67.7 Å². The number of carbonyl (C=O) groups is 2. The first kappa shape index (κ1) is 22.7. The van der Waals surface area contributed by atoms with Crippen molar-refractivity contribution in [3.63, 3.8) is 0 Å². The van der Waals surface area contributed by atoms with Crippen LogP contribution in [0.15, 0.2) is 48.0 Å². The van der Waals surface area contributed by atoms with Crippen LogP contribution in [0, 0.1) is 19.7 Å². The molecule has 0 aliphatic carbocycles. The summed E-state index contributed by atoms with van der Waals surface area (Å²) in [6.45, 7) is 5.57. The molecule has 3 heterocycles. The van der Waals surface area contributed by atoms with E-state index in [1.807, 2.05) is 34.8 Å². The van der Waals surface area contributed by atoms with Gasteiger partial charge in [-0.25, -0.2) is 14.2 Å². The maximum Gasteiger partial charge on any atom is 0.331 e. The fraction of sp³-hybridized carbons (Fsp3) is 0.292. The lowest BCUT2D eigenvalue weighted by Crippen LogP contribution is -2.50. The number of anilines is 1. The van der Waals surface area contributed by atoms with Gasteiger partial charge in [-0.15, -0.1) is 11.3 Å². The summed E-state index contributed by atoms with van der Waals surface area (Å²) in [5.41, 5.74) is 3.40. The van der Waals surface area contributed by atoms with E-state index in [4.69, 9.17) is 4.74 Å². The molecule has 0 spiro atoms. The van der Waals surface area contributed by atoms with Gasteiger partial charge in [-0.2, -0.15) is 0 Å². The lowest BCUT2D eigenvalue weighted by atomic mass is 10.2. The highest BCUT2D eigenvalue weighted by Gasteiger charge is 2.23. The third kappa shape index (κ3) is 5.14. The van der Waals surface area contributed by atoms with E-state index in [1.54, 1.807) is 35.4 Å². The highest BCUT2D eigenvalue weighted by molar-refractivity contribution is 7.12. The number of carbonyl (C=O) groups excluding carboxylic acids is 2. The molecule has 0 unspecified atom stereocenters. The molecule has 0 radical (unpaired) electrons. The van der Waals surface area contributed by atoms with Crippen LogP contribution in [0.3, 0.4) is 0 Å². The molecule has 172 valence electrons. The second-order valence-corrected chi connectivity index (χ2v) is 8.61. The number of amides is 1. The summed E-state index contributed by atoms with van der Waals surface area (Å²) in [4.78, 5) is 32.5. The first-order valence-corrected chi connectivity index (χ1v) is 11.5. The minimum absolute atomic E-state index is 0.258. The molecule has 33 heavy (non-hydrogen) atoms. The Morgan fingerprint density at radius 3 is 2.64 bits per heavy atom. The molecule has 4 rings (SSSR count). The summed E-state index contributed by atoms with van der Waals surface area (Å²) in [5.74, 6) is -1.11. The van der Waals surface area contributed by atoms with Crippen LogP contribution >= 0.6 is 11.3 Å². The zero-order valence-corrected chi connectivity index (χ0v) is 19.3. The normalized spacial score (nSPS) is 14.2. The van der Waals surface area contributed by atoms with Crippen LogP contribution < -0.4 is 4.90 Å². The minimum Gasteiger partial charge on any atom is -0.452 e. The van der Waals surface area contributed by atoms with Gasteiger partial charge in [0, 0.05) is 55.2 Å². The van der Waals surface area contributed by atoms with Crippen molar-refractivity contribution >= 4 is 35.0 Å². The van der Waals surface area contributed by atoms with Crippen LogP contribution in [0.4, 0.5) is 10.1 Å². The average Bonchev–Trinajstić information content (AvgIpc) is 3.44. The Kier molecular flexibility index (Phi) is 6.88. The van der Waals surface area contributed by atoms with Crippen LogP contribution in [0.2, 0.25) is 0 Å². The summed E-state index contributed by atoms with van der Waals surface area (Å²) in [6, 6.07) is 8.58. The van der Waals surface area contributed by atoms with Gasteiger partial charge in [-0.1, -0.05) is 12.1 Å². The Bertz CT molecular complexity index is 1160. The Morgan fingerprint density at radius 2 is 1.94 bits per heavy atom. The fourth-order valence-electron chi connectivity index (χ4n) is 3.91. The molecule has 1 saturated heterocycles. The third-order valence-electron chi connectivity index (χ3n) is 5.64. The first-order chi connectivity index (χ1) is 15.9. The van der Waals surface area contributed by atoms with E-state index in [-0.39, 0.29) is 18.3 Å². The molecule has 1 fully saturated rings. The standard InChI is InChI=1S/C24H25FN4O3S/c1-17-15-19(18(2)29(17)24-26-9-14-33-24)7-8-23(31)32-16-22(30)28-12-10-27(11-13-28)21-6-4-3-5-20(21)25/h3-9,14-15H,10-13,16H2,1-2H3/b8-7+. The molecule has 0 N–H and O–H groups in total. The molecule has 0 atom stereocenters. The van der Waals surface area contributed by atoms with Gasteiger partial charge in [0.2, 0.25) is 0 Å². The third-order valence-corrected chi connectivity index (χ3v) is 6.40. The number of hydrogen-bond acceptors (Lipinski definition) is 6. The number of ether oxygens (including phenoxy) is 1. The van der Waals surface area contributed by atoms with E-state index in [1.165, 1.54) is 23.5 Å². The van der Waals surface area contributed by atoms with Gasteiger partial charge in [-0.3, -0.25) is 9.36 Å². The highest BCUT2D eigenvalue weighted by Crippen LogP contribution is 2.23. The van der Waals surface area contributed by atoms with Gasteiger partial charge < -0.3 is 14.5 Å². The van der Waals surface area contributed by atoms with Gasteiger partial charge in [0.25, 0.3) is 5.91 Å². The first-order valence-electron chi connectivity index (χ1n) is 10.6. The van der Waals surface area contributed by atoms with E-state index in [0.717, 1.165) is 22.1 Å². The summed E-state index contributed by atoms with van der Waals surface area (Å²) < 4.78 is 21.1. The van der Waals surface area contributed by atoms with Crippen LogP contribution in [-0.2, 0) is 14.3 Å². The van der Waals surface area contributed by atoms with Crippen molar-refractivity contribution in [2.75, 3.05) is 37.7 Å². The zero-order chi connectivity index (χ0) is 23.4. The number of rotatable bonds is 6. The quantitative estimate of drug-likeness (QED) is 0.409. The van der Waals surface area contributed by atoms with E-state index < -0.39 is 5.97 Å². The van der Waals surface area contributed by atoms with Gasteiger partial charge in [0.1, 0.15) is 5.82 Å². The number of benzene rings is 1. The SMILES string of the molecule is Cc1cc(/C=C/C(=O)OCC(=O)N2CCN(c3ccccc3F)CC2)c(C)n1-c1nccs1. The van der Waals surface area contributed by atoms with Gasteiger partial charge >= 0.3 is 5.97 Å². The van der Waals surface area contributed by atoms with E-state index in [2.05, 4.69) is 4.98 Å². The summed E-state index contributed by atoms with van der Waals surface area (Å²) in [6.07, 6.45) is 4.77. The molecular weight excluding hydrogens is 443 g/mol. The number of piperazine rings is 1. The van der Waals surface area contributed by atoms with Crippen LogP contribution in [0.1, 0.15) is 17.0 Å². The van der Waals surface area contributed by atoms with Gasteiger partial charge in [0.05, 0.1) is 5.69 Å². The molecule has 1 aliphatic heterocycles. The molecule has 1 aliphatic rings. The number of thiazole rings is 1. The highest BCUT2D eigenvalue weighted by atomic mass is 32.1. The molecule has 9 heteroatoms. The maximum absolute atomic E-state index is 14.0. The molecule has 1 aromatic carbocycles.